The van der Waals surface area contributed by atoms with Gasteiger partial charge in [-0.1, -0.05) is 0 Å². The van der Waals surface area contributed by atoms with Gasteiger partial charge in [-0.3, -0.25) is 19.2 Å². The Labute approximate surface area is 330 Å². The van der Waals surface area contributed by atoms with Crippen LogP contribution in [-0.4, -0.2) is 70.5 Å². The quantitative estimate of drug-likeness (QED) is 0.0976. The van der Waals surface area contributed by atoms with E-state index in [1.807, 2.05) is 0 Å². The molecule has 0 aliphatic heterocycles. The smallest absolute Gasteiger partial charge is 1.00 e. The second-order valence-corrected chi connectivity index (χ2v) is 2.39. The molecule has 12 N–H and O–H groups in total. The first-order valence-corrected chi connectivity index (χ1v) is 4.76. The van der Waals surface area contributed by atoms with Gasteiger partial charge < -0.3 is 115 Å². The molecule has 0 unspecified atom stereocenters. The Morgan fingerprint density at radius 3 is 0.500 bits per heavy atom. The largest absolute Gasteiger partial charge is 1.00 e. The van der Waals surface area contributed by atoms with Gasteiger partial charge in [0.1, 0.15) is 0 Å². The third-order valence-corrected chi connectivity index (χ3v) is 0.698. The van der Waals surface area contributed by atoms with Crippen molar-refractivity contribution in [2.45, 2.75) is 0 Å². The van der Waals surface area contributed by atoms with E-state index in [1.54, 1.807) is 0 Å². The second kappa shape index (κ2) is 57.1. The zero-order valence-corrected chi connectivity index (χ0v) is 30.5. The Balaban J connectivity index is -0.0000000152. The molecule has 144 valence electrons. The van der Waals surface area contributed by atoms with E-state index in [-0.39, 0.29) is 252 Å². The van der Waals surface area contributed by atoms with Crippen LogP contribution in [0.4, 0.5) is 0 Å². The van der Waals surface area contributed by atoms with Crippen LogP contribution >= 0.6 is 0 Å². The topological polar surface area (TPSA) is 253 Å². The van der Waals surface area contributed by atoms with Crippen molar-refractivity contribution in [1.82, 2.24) is 0 Å². The van der Waals surface area contributed by atoms with E-state index in [4.69, 9.17) is 20.4 Å². The number of rotatable bonds is 4. The molecule has 26 heavy (non-hydrogen) atoms. The Kier molecular flexibility index (Phi) is 139. The Morgan fingerprint density at radius 1 is 0.462 bits per heavy atom. The van der Waals surface area contributed by atoms with Crippen LogP contribution in [0.2, 0.25) is 0 Å². The van der Waals surface area contributed by atoms with Crippen molar-refractivity contribution in [1.29, 1.82) is 0 Å². The molecule has 0 atom stereocenters. The number of hydrogen-bond acceptors (Lipinski definition) is 8. The number of carboxylic acids is 4. The SMILES string of the molecule is NCC(=O)O.NCC(=O)O.NCC(=O)O.NCC(=O)O.[I-].[I-].[I-].[K+].[K+].[K+]. The van der Waals surface area contributed by atoms with Gasteiger partial charge in [0.15, 0.2) is 0 Å². The van der Waals surface area contributed by atoms with E-state index < -0.39 is 23.9 Å². The average Bonchev–Trinajstić information content (AvgIpc) is 2.40. The first kappa shape index (κ1) is 63.2. The van der Waals surface area contributed by atoms with Crippen molar-refractivity contribution < 1.29 is 266 Å². The summed E-state index contributed by atoms with van der Waals surface area (Å²) < 4.78 is 0. The molecule has 0 aromatic rings. The summed E-state index contributed by atoms with van der Waals surface area (Å²) >= 11 is 0. The van der Waals surface area contributed by atoms with Crippen LogP contribution in [0, 0.1) is 0 Å². The van der Waals surface area contributed by atoms with Crippen molar-refractivity contribution in [3.63, 3.8) is 0 Å². The molecule has 0 fully saturated rings. The van der Waals surface area contributed by atoms with Crippen molar-refractivity contribution in [3.8, 4) is 0 Å². The first-order chi connectivity index (χ1) is 9.08. The van der Waals surface area contributed by atoms with E-state index >= 15 is 0 Å². The summed E-state index contributed by atoms with van der Waals surface area (Å²) in [5, 5.41) is 30.4. The van der Waals surface area contributed by atoms with Gasteiger partial charge in [0, 0.05) is 0 Å². The van der Waals surface area contributed by atoms with E-state index in [2.05, 4.69) is 22.9 Å². The molecule has 0 saturated heterocycles. The van der Waals surface area contributed by atoms with Crippen LogP contribution in [0.1, 0.15) is 0 Å². The molecular formula is C8H20I3K3N4O8. The van der Waals surface area contributed by atoms with E-state index in [1.165, 1.54) is 0 Å². The maximum Gasteiger partial charge on any atom is 1.00 e. The van der Waals surface area contributed by atoms with Crippen LogP contribution in [0.3, 0.4) is 0 Å². The van der Waals surface area contributed by atoms with Gasteiger partial charge in [-0.2, -0.15) is 0 Å². The van der Waals surface area contributed by atoms with Crippen LogP contribution in [0.15, 0.2) is 0 Å². The van der Waals surface area contributed by atoms with Crippen molar-refractivity contribution in [3.05, 3.63) is 0 Å². The third-order valence-electron chi connectivity index (χ3n) is 0.698. The van der Waals surface area contributed by atoms with E-state index in [0.717, 1.165) is 0 Å². The summed E-state index contributed by atoms with van der Waals surface area (Å²) in [4.78, 5) is 37.0. The average molecular weight is 798 g/mol. The van der Waals surface area contributed by atoms with Crippen molar-refractivity contribution in [2.75, 3.05) is 26.2 Å². The molecule has 0 spiro atoms. The summed E-state index contributed by atoms with van der Waals surface area (Å²) in [5.41, 5.74) is 18.3. The second-order valence-electron chi connectivity index (χ2n) is 2.39. The predicted molar refractivity (Wildman–Crippen MR) is 66.8 cm³/mol. The summed E-state index contributed by atoms with van der Waals surface area (Å²) in [7, 11) is 0. The van der Waals surface area contributed by atoms with Crippen molar-refractivity contribution in [2.24, 2.45) is 22.9 Å². The zero-order chi connectivity index (χ0) is 17.1. The molecule has 0 radical (unpaired) electrons. The van der Waals surface area contributed by atoms with Crippen LogP contribution < -0.4 is 249 Å². The number of carbonyl (C=O) groups is 4. The summed E-state index contributed by atoms with van der Waals surface area (Å²) in [6.45, 7) is -1.11. The molecule has 0 aliphatic rings. The zero-order valence-electron chi connectivity index (χ0n) is 14.7. The Morgan fingerprint density at radius 2 is 0.500 bits per heavy atom. The summed E-state index contributed by atoms with van der Waals surface area (Å²) in [5.74, 6) is -3.87. The molecule has 0 aromatic carbocycles. The van der Waals surface area contributed by atoms with Gasteiger partial charge in [0.25, 0.3) is 0 Å². The fourth-order valence-corrected chi connectivity index (χ4v) is 0. The van der Waals surface area contributed by atoms with Crippen LogP contribution in [-0.2, 0) is 19.2 Å². The van der Waals surface area contributed by atoms with Gasteiger partial charge in [-0.25, -0.2) is 0 Å². The number of hydrogen-bond donors (Lipinski definition) is 8. The number of carboxylic acid groups (broad SMARTS) is 4. The van der Waals surface area contributed by atoms with Gasteiger partial charge in [0.2, 0.25) is 0 Å². The molecule has 0 aliphatic carbocycles. The number of nitrogens with two attached hydrogens (primary N) is 4. The van der Waals surface area contributed by atoms with E-state index in [0.29, 0.717) is 0 Å². The molecular weight excluding hydrogens is 778 g/mol. The summed E-state index contributed by atoms with van der Waals surface area (Å²) in [6.07, 6.45) is 0. The molecule has 12 nitrogen and oxygen atoms in total. The minimum absolute atomic E-state index is 0. The van der Waals surface area contributed by atoms with E-state index in [9.17, 15) is 19.2 Å². The minimum atomic E-state index is -0.968. The molecule has 0 heterocycles. The first-order valence-electron chi connectivity index (χ1n) is 4.76. The molecule has 0 rings (SSSR count). The number of halogens is 3. The monoisotopic (exact) mass is 798 g/mol. The maximum atomic E-state index is 9.24. The Hall–Kier alpha value is 4.82. The van der Waals surface area contributed by atoms with Gasteiger partial charge >= 0.3 is 178 Å². The normalized spacial score (nSPS) is 5.69. The van der Waals surface area contributed by atoms with Crippen molar-refractivity contribution >= 4 is 23.9 Å². The standard InChI is InChI=1S/4C2H5NO2.3HI.3K/c4*3-1-2(4)5;;;;;;/h4*1,3H2,(H,4,5);3*1H;;;/q;;;;;;;3*+1/p-3. The van der Waals surface area contributed by atoms with Gasteiger partial charge in [-0.05, 0) is 0 Å². The molecule has 0 aromatic heterocycles. The molecule has 0 saturated carbocycles. The third kappa shape index (κ3) is 136. The number of aliphatic carboxylic acids is 4. The predicted octanol–water partition coefficient (Wildman–Crippen LogP) is -21.9. The van der Waals surface area contributed by atoms with Crippen LogP contribution in [0.25, 0.3) is 0 Å². The molecule has 0 amide bonds. The fourth-order valence-electron chi connectivity index (χ4n) is 0. The van der Waals surface area contributed by atoms with Gasteiger partial charge in [-0.15, -0.1) is 0 Å². The molecule has 0 bridgehead atoms. The minimum Gasteiger partial charge on any atom is -1.00 e. The Bertz CT molecular complexity index is 254. The maximum absolute atomic E-state index is 9.24. The molecule has 18 heteroatoms. The summed E-state index contributed by atoms with van der Waals surface area (Å²) in [6, 6.07) is 0. The fraction of sp³-hybridized carbons (Fsp3) is 0.500. The van der Waals surface area contributed by atoms with Crippen LogP contribution in [0.5, 0.6) is 0 Å². The van der Waals surface area contributed by atoms with Gasteiger partial charge in [0.05, 0.1) is 26.2 Å².